The Kier molecular flexibility index (Phi) is 8.77. The summed E-state index contributed by atoms with van der Waals surface area (Å²) in [5, 5.41) is 17.7. The van der Waals surface area contributed by atoms with E-state index in [1.807, 2.05) is 0 Å². The van der Waals surface area contributed by atoms with Crippen LogP contribution in [0, 0.1) is 0 Å². The number of nitrogens with two attached hydrogens (primary N) is 1. The lowest BCUT2D eigenvalue weighted by Crippen LogP contribution is -2.34. The molecule has 0 aromatic heterocycles. The van der Waals surface area contributed by atoms with Gasteiger partial charge in [-0.05, 0) is 0 Å². The molecule has 0 aliphatic rings. The van der Waals surface area contributed by atoms with Crippen LogP contribution in [0.4, 0.5) is 0 Å². The van der Waals surface area contributed by atoms with Crippen LogP contribution in [0.25, 0.3) is 0 Å². The summed E-state index contributed by atoms with van der Waals surface area (Å²) in [4.78, 5) is 19.5. The minimum Gasteiger partial charge on any atom is -0.480 e. The summed E-state index contributed by atoms with van der Waals surface area (Å²) in [6.45, 7) is 2.31. The van der Waals surface area contributed by atoms with Crippen LogP contribution in [0.5, 0.6) is 0 Å². The largest absolute Gasteiger partial charge is 0.480 e. The molecule has 3 unspecified atom stereocenters. The highest BCUT2D eigenvalue weighted by atomic mass is 31.2. The van der Waals surface area contributed by atoms with Gasteiger partial charge in [-0.2, -0.15) is 0 Å². The van der Waals surface area contributed by atoms with E-state index in [1.54, 1.807) is 0 Å². The van der Waals surface area contributed by atoms with E-state index >= 15 is 0 Å². The molecule has 0 heterocycles. The number of phosphoric ester groups is 1. The Morgan fingerprint density at radius 2 is 1.95 bits per heavy atom. The van der Waals surface area contributed by atoms with Gasteiger partial charge in [-0.25, -0.2) is 4.57 Å². The second kappa shape index (κ2) is 9.16. The molecule has 3 atom stereocenters. The third-order valence-corrected chi connectivity index (χ3v) is 2.66. The zero-order chi connectivity index (χ0) is 14.9. The van der Waals surface area contributed by atoms with E-state index in [-0.39, 0.29) is 13.2 Å². The average molecular weight is 299 g/mol. The Morgan fingerprint density at radius 1 is 1.37 bits per heavy atom. The monoisotopic (exact) mass is 299 g/mol. The maximum Gasteiger partial charge on any atom is 0.472 e. The maximum absolute atomic E-state index is 11.3. The number of ether oxygens (including phenoxy) is 1. The fourth-order valence-electron chi connectivity index (χ4n) is 0.799. The number of rotatable bonds is 11. The Labute approximate surface area is 110 Å². The molecule has 9 nitrogen and oxygen atoms in total. The first-order valence-corrected chi connectivity index (χ1v) is 6.75. The molecule has 0 aromatic carbocycles. The van der Waals surface area contributed by atoms with Crippen molar-refractivity contribution in [1.29, 1.82) is 0 Å². The minimum absolute atomic E-state index is 0.110. The molecular formula is C9H18NO8P. The van der Waals surface area contributed by atoms with Gasteiger partial charge in [0.25, 0.3) is 0 Å². The normalized spacial score (nSPS) is 17.4. The summed E-state index contributed by atoms with van der Waals surface area (Å²) in [7, 11) is -4.46. The highest BCUT2D eigenvalue weighted by Crippen LogP contribution is 2.43. The van der Waals surface area contributed by atoms with Crippen LogP contribution in [-0.2, 0) is 23.1 Å². The van der Waals surface area contributed by atoms with Gasteiger partial charge in [0, 0.05) is 0 Å². The van der Waals surface area contributed by atoms with Crippen molar-refractivity contribution in [2.45, 2.75) is 12.1 Å². The number of carbonyl (C=O) groups is 1. The lowest BCUT2D eigenvalue weighted by atomic mass is 10.3. The van der Waals surface area contributed by atoms with Crippen molar-refractivity contribution in [3.05, 3.63) is 12.7 Å². The van der Waals surface area contributed by atoms with Crippen molar-refractivity contribution < 1.29 is 38.3 Å². The third-order valence-electron chi connectivity index (χ3n) is 1.71. The van der Waals surface area contributed by atoms with Crippen LogP contribution >= 0.6 is 7.82 Å². The second-order valence-electron chi connectivity index (χ2n) is 3.48. The number of aliphatic carboxylic acids is 1. The van der Waals surface area contributed by atoms with Gasteiger partial charge in [0.15, 0.2) is 0 Å². The van der Waals surface area contributed by atoms with Crippen LogP contribution in [0.3, 0.4) is 0 Å². The Hall–Kier alpha value is -0.800. The molecule has 0 bridgehead atoms. The number of hydrogen-bond donors (Lipinski definition) is 4. The van der Waals surface area contributed by atoms with E-state index < -0.39 is 39.2 Å². The van der Waals surface area contributed by atoms with Gasteiger partial charge in [0.2, 0.25) is 0 Å². The van der Waals surface area contributed by atoms with E-state index in [9.17, 15) is 14.5 Å². The van der Waals surface area contributed by atoms with Crippen LogP contribution in [-0.4, -0.2) is 59.6 Å². The van der Waals surface area contributed by atoms with Crippen LogP contribution < -0.4 is 5.73 Å². The molecule has 19 heavy (non-hydrogen) atoms. The highest BCUT2D eigenvalue weighted by molar-refractivity contribution is 7.47. The lowest BCUT2D eigenvalue weighted by molar-refractivity contribution is -0.139. The molecule has 10 heteroatoms. The van der Waals surface area contributed by atoms with Gasteiger partial charge in [-0.1, -0.05) is 6.08 Å². The number of hydrogen-bond acceptors (Lipinski definition) is 7. The molecule has 0 spiro atoms. The number of aliphatic hydroxyl groups is 1. The zero-order valence-electron chi connectivity index (χ0n) is 10.2. The molecule has 112 valence electrons. The van der Waals surface area contributed by atoms with Crippen LogP contribution in [0.2, 0.25) is 0 Å². The molecule has 0 aliphatic carbocycles. The van der Waals surface area contributed by atoms with Crippen molar-refractivity contribution in [3.63, 3.8) is 0 Å². The summed E-state index contributed by atoms with van der Waals surface area (Å²) >= 11 is 0. The zero-order valence-corrected chi connectivity index (χ0v) is 11.1. The summed E-state index contributed by atoms with van der Waals surface area (Å²) < 4.78 is 24.9. The Morgan fingerprint density at radius 3 is 2.47 bits per heavy atom. The molecule has 0 saturated carbocycles. The molecule has 0 radical (unpaired) electrons. The maximum atomic E-state index is 11.3. The molecule has 5 N–H and O–H groups in total. The smallest absolute Gasteiger partial charge is 0.472 e. The number of phosphoric acid groups is 1. The SMILES string of the molecule is C=CCOCC(O)COP(=O)(O)OCC(N)C(=O)O. The lowest BCUT2D eigenvalue weighted by Gasteiger charge is -2.16. The standard InChI is InChI=1S/C9H18NO8P/c1-2-3-16-4-7(11)5-17-19(14,15)18-6-8(10)9(12)13/h2,7-8,11H,1,3-6,10H2,(H,12,13)(H,14,15). The van der Waals surface area contributed by atoms with Gasteiger partial charge in [-0.3, -0.25) is 13.8 Å². The molecule has 0 amide bonds. The fourth-order valence-corrected chi connectivity index (χ4v) is 1.58. The van der Waals surface area contributed by atoms with Crippen molar-refractivity contribution in [2.75, 3.05) is 26.4 Å². The second-order valence-corrected chi connectivity index (χ2v) is 4.94. The first-order chi connectivity index (χ1) is 8.78. The topological polar surface area (TPSA) is 149 Å². The Bertz CT molecular complexity index is 336. The number of carboxylic acid groups (broad SMARTS) is 1. The van der Waals surface area contributed by atoms with E-state index in [2.05, 4.69) is 15.6 Å². The molecule has 0 rings (SSSR count). The van der Waals surface area contributed by atoms with E-state index in [4.69, 9.17) is 20.5 Å². The molecule has 0 aliphatic heterocycles. The third kappa shape index (κ3) is 9.74. The fraction of sp³-hybridized carbons (Fsp3) is 0.667. The van der Waals surface area contributed by atoms with E-state index in [1.165, 1.54) is 6.08 Å². The number of aliphatic hydroxyl groups excluding tert-OH is 1. The quantitative estimate of drug-likeness (QED) is 0.216. The van der Waals surface area contributed by atoms with Gasteiger partial charge < -0.3 is 25.6 Å². The molecule has 0 saturated heterocycles. The van der Waals surface area contributed by atoms with Crippen molar-refractivity contribution in [2.24, 2.45) is 5.73 Å². The average Bonchev–Trinajstić information content (AvgIpc) is 2.34. The summed E-state index contributed by atoms with van der Waals surface area (Å²) in [5.41, 5.74) is 5.07. The van der Waals surface area contributed by atoms with E-state index in [0.717, 1.165) is 0 Å². The molecule has 0 aromatic rings. The first kappa shape index (κ1) is 18.2. The minimum atomic E-state index is -4.46. The highest BCUT2D eigenvalue weighted by Gasteiger charge is 2.25. The van der Waals surface area contributed by atoms with Crippen LogP contribution in [0.1, 0.15) is 0 Å². The number of carboxylic acids is 1. The predicted octanol–water partition coefficient (Wildman–Crippen LogP) is -0.905. The van der Waals surface area contributed by atoms with Crippen LogP contribution in [0.15, 0.2) is 12.7 Å². The summed E-state index contributed by atoms with van der Waals surface area (Å²) in [5.74, 6) is -1.38. The van der Waals surface area contributed by atoms with E-state index in [0.29, 0.717) is 0 Å². The molecular weight excluding hydrogens is 281 g/mol. The van der Waals surface area contributed by atoms with Gasteiger partial charge in [0.05, 0.1) is 26.4 Å². The summed E-state index contributed by atoms with van der Waals surface area (Å²) in [6, 6.07) is -1.44. The van der Waals surface area contributed by atoms with Gasteiger partial charge in [-0.15, -0.1) is 6.58 Å². The van der Waals surface area contributed by atoms with Crippen molar-refractivity contribution >= 4 is 13.8 Å². The van der Waals surface area contributed by atoms with Crippen molar-refractivity contribution in [3.8, 4) is 0 Å². The molecule has 0 fully saturated rings. The van der Waals surface area contributed by atoms with Gasteiger partial charge >= 0.3 is 13.8 Å². The summed E-state index contributed by atoms with van der Waals surface area (Å²) in [6.07, 6.45) is 0.346. The van der Waals surface area contributed by atoms with Gasteiger partial charge in [0.1, 0.15) is 12.1 Å². The van der Waals surface area contributed by atoms with Crippen molar-refractivity contribution in [1.82, 2.24) is 0 Å². The first-order valence-electron chi connectivity index (χ1n) is 5.25. The predicted molar refractivity (Wildman–Crippen MR) is 64.4 cm³/mol. The Balaban J connectivity index is 3.92.